The van der Waals surface area contributed by atoms with Gasteiger partial charge in [-0.1, -0.05) is 96.8 Å². The van der Waals surface area contributed by atoms with E-state index < -0.39 is 12.3 Å². The van der Waals surface area contributed by atoms with Crippen LogP contribution >= 0.6 is 0 Å². The molecule has 35 heavy (non-hydrogen) atoms. The zero-order valence-corrected chi connectivity index (χ0v) is 22.6. The number of nitrogens with zero attached hydrogens (tertiary/aromatic N) is 1. The maximum atomic E-state index is 11.6. The number of carboxylic acid groups (broad SMARTS) is 1. The molecule has 0 bridgehead atoms. The highest BCUT2D eigenvalue weighted by Gasteiger charge is 2.21. The first kappa shape index (κ1) is 31.1. The fourth-order valence-electron chi connectivity index (χ4n) is 4.28. The molecule has 202 valence electrons. The number of phenols is 1. The zero-order valence-electron chi connectivity index (χ0n) is 22.6. The van der Waals surface area contributed by atoms with Crippen LogP contribution in [0.3, 0.4) is 0 Å². The smallest absolute Gasteiger partial charge is 0.410 e. The van der Waals surface area contributed by atoms with Crippen molar-refractivity contribution in [2.75, 3.05) is 13.2 Å². The van der Waals surface area contributed by atoms with Crippen molar-refractivity contribution in [2.45, 2.75) is 129 Å². The molecule has 2 atom stereocenters. The van der Waals surface area contributed by atoms with E-state index in [2.05, 4.69) is 13.8 Å². The Morgan fingerprint density at radius 3 is 1.80 bits per heavy atom. The van der Waals surface area contributed by atoms with E-state index >= 15 is 0 Å². The average Bonchev–Trinajstić information content (AvgIpc) is 2.83. The Balaban J connectivity index is 2.02. The zero-order chi connectivity index (χ0) is 25.7. The van der Waals surface area contributed by atoms with Crippen molar-refractivity contribution in [3.05, 3.63) is 24.3 Å². The van der Waals surface area contributed by atoms with Gasteiger partial charge in [-0.05, 0) is 44.5 Å². The molecule has 6 heteroatoms. The summed E-state index contributed by atoms with van der Waals surface area (Å²) in [7, 11) is 0. The molecule has 0 saturated heterocycles. The van der Waals surface area contributed by atoms with E-state index in [1.807, 2.05) is 0 Å². The van der Waals surface area contributed by atoms with Gasteiger partial charge in [0.1, 0.15) is 11.5 Å². The summed E-state index contributed by atoms with van der Waals surface area (Å²) in [5.41, 5.74) is 0. The quantitative estimate of drug-likeness (QED) is 0.125. The molecule has 1 aromatic rings. The number of hydrogen-bond acceptors (Lipinski definition) is 4. The van der Waals surface area contributed by atoms with Crippen molar-refractivity contribution >= 4 is 6.09 Å². The van der Waals surface area contributed by atoms with Gasteiger partial charge < -0.3 is 19.7 Å². The van der Waals surface area contributed by atoms with Gasteiger partial charge in [-0.2, -0.15) is 0 Å². The predicted molar refractivity (Wildman–Crippen MR) is 143 cm³/mol. The van der Waals surface area contributed by atoms with Crippen LogP contribution in [-0.2, 0) is 4.74 Å². The minimum atomic E-state index is -1.04. The molecule has 2 N–H and O–H groups in total. The van der Waals surface area contributed by atoms with Crippen molar-refractivity contribution < 1.29 is 24.5 Å². The highest BCUT2D eigenvalue weighted by atomic mass is 16.5. The summed E-state index contributed by atoms with van der Waals surface area (Å²) in [6, 6.07) is 6.24. The number of phenolic OH excluding ortho intramolecular Hbond substituents is 1. The first-order valence-corrected chi connectivity index (χ1v) is 14.0. The fourth-order valence-corrected chi connectivity index (χ4v) is 4.28. The van der Waals surface area contributed by atoms with Gasteiger partial charge in [0.05, 0.1) is 19.3 Å². The van der Waals surface area contributed by atoms with Crippen LogP contribution in [0.5, 0.6) is 11.5 Å². The molecular formula is C29H51NO5. The van der Waals surface area contributed by atoms with Gasteiger partial charge in [0, 0.05) is 0 Å². The topological polar surface area (TPSA) is 79.2 Å². The second-order valence-corrected chi connectivity index (χ2v) is 9.75. The lowest BCUT2D eigenvalue weighted by Gasteiger charge is -2.27. The molecular weight excluding hydrogens is 442 g/mol. The van der Waals surface area contributed by atoms with Gasteiger partial charge in [-0.25, -0.2) is 4.79 Å². The molecule has 0 aliphatic heterocycles. The van der Waals surface area contributed by atoms with Crippen LogP contribution in [0.25, 0.3) is 0 Å². The van der Waals surface area contributed by atoms with E-state index in [1.165, 1.54) is 101 Å². The van der Waals surface area contributed by atoms with E-state index in [0.717, 1.165) is 12.8 Å². The molecule has 0 aliphatic rings. The Kier molecular flexibility index (Phi) is 18.0. The molecule has 1 amide bonds. The minimum Gasteiger partial charge on any atom is -0.508 e. The highest BCUT2D eigenvalue weighted by molar-refractivity contribution is 5.65. The molecule has 0 fully saturated rings. The molecule has 0 spiro atoms. The van der Waals surface area contributed by atoms with E-state index in [-0.39, 0.29) is 18.4 Å². The number of carbonyl (C=O) groups is 1. The van der Waals surface area contributed by atoms with Crippen molar-refractivity contribution in [1.29, 1.82) is 0 Å². The lowest BCUT2D eigenvalue weighted by atomic mass is 10.0. The molecule has 0 saturated carbocycles. The SMILES string of the molecule is CCCCCCCCCCCCCCCCC(C)OCCN(C(=O)O)C(C)Oc1ccc(O)cc1. The Morgan fingerprint density at radius 2 is 1.31 bits per heavy atom. The van der Waals surface area contributed by atoms with Crippen LogP contribution in [0.15, 0.2) is 24.3 Å². The largest absolute Gasteiger partial charge is 0.508 e. The number of amides is 1. The van der Waals surface area contributed by atoms with Crippen molar-refractivity contribution in [2.24, 2.45) is 0 Å². The standard InChI is InChI=1S/C29H51NO5/c1-4-5-6-7-8-9-10-11-12-13-14-15-16-17-18-25(2)34-24-23-30(29(32)33)26(3)35-28-21-19-27(31)20-22-28/h19-22,25-26,31H,4-18,23-24H2,1-3H3,(H,32,33). The molecule has 0 aromatic heterocycles. The highest BCUT2D eigenvalue weighted by Crippen LogP contribution is 2.18. The minimum absolute atomic E-state index is 0.122. The Morgan fingerprint density at radius 1 is 0.829 bits per heavy atom. The van der Waals surface area contributed by atoms with E-state index in [4.69, 9.17) is 9.47 Å². The number of unbranched alkanes of at least 4 members (excludes halogenated alkanes) is 13. The first-order chi connectivity index (χ1) is 16.9. The second-order valence-electron chi connectivity index (χ2n) is 9.75. The third-order valence-corrected chi connectivity index (χ3v) is 6.53. The Bertz CT molecular complexity index is 636. The van der Waals surface area contributed by atoms with E-state index in [0.29, 0.717) is 12.4 Å². The van der Waals surface area contributed by atoms with Crippen LogP contribution in [0, 0.1) is 0 Å². The van der Waals surface area contributed by atoms with Gasteiger partial charge in [-0.15, -0.1) is 0 Å². The van der Waals surface area contributed by atoms with Crippen LogP contribution in [0.4, 0.5) is 4.79 Å². The lowest BCUT2D eigenvalue weighted by molar-refractivity contribution is 0.00142. The number of benzene rings is 1. The summed E-state index contributed by atoms with van der Waals surface area (Å²) < 4.78 is 11.5. The third-order valence-electron chi connectivity index (χ3n) is 6.53. The summed E-state index contributed by atoms with van der Waals surface area (Å²) >= 11 is 0. The van der Waals surface area contributed by atoms with Crippen molar-refractivity contribution in [3.63, 3.8) is 0 Å². The summed E-state index contributed by atoms with van der Waals surface area (Å²) in [5, 5.41) is 18.9. The maximum absolute atomic E-state index is 11.6. The molecule has 0 radical (unpaired) electrons. The summed E-state index contributed by atoms with van der Waals surface area (Å²) in [6.07, 6.45) is 18.4. The number of hydrogen-bond donors (Lipinski definition) is 2. The van der Waals surface area contributed by atoms with Crippen LogP contribution in [-0.4, -0.2) is 46.7 Å². The number of aromatic hydroxyl groups is 1. The van der Waals surface area contributed by atoms with Crippen molar-refractivity contribution in [3.8, 4) is 11.5 Å². The van der Waals surface area contributed by atoms with Crippen LogP contribution in [0.1, 0.15) is 117 Å². The van der Waals surface area contributed by atoms with E-state index in [1.54, 1.807) is 19.1 Å². The molecule has 2 unspecified atom stereocenters. The first-order valence-electron chi connectivity index (χ1n) is 14.0. The second kappa shape index (κ2) is 20.3. The summed E-state index contributed by atoms with van der Waals surface area (Å²) in [6.45, 7) is 6.61. The number of ether oxygens (including phenoxy) is 2. The monoisotopic (exact) mass is 493 g/mol. The number of rotatable bonds is 22. The molecule has 6 nitrogen and oxygen atoms in total. The van der Waals surface area contributed by atoms with Gasteiger partial charge in [0.2, 0.25) is 0 Å². The molecule has 1 aromatic carbocycles. The van der Waals surface area contributed by atoms with Gasteiger partial charge >= 0.3 is 6.09 Å². The van der Waals surface area contributed by atoms with Crippen LogP contribution in [0.2, 0.25) is 0 Å². The molecule has 0 aliphatic carbocycles. The summed E-state index contributed by atoms with van der Waals surface area (Å²) in [5.74, 6) is 0.648. The molecule has 0 heterocycles. The fraction of sp³-hybridized carbons (Fsp3) is 0.759. The Labute approximate surface area is 214 Å². The molecule has 1 rings (SSSR count). The van der Waals surface area contributed by atoms with Gasteiger partial charge in [0.15, 0.2) is 6.23 Å². The van der Waals surface area contributed by atoms with Gasteiger partial charge in [-0.3, -0.25) is 4.90 Å². The van der Waals surface area contributed by atoms with Gasteiger partial charge in [0.25, 0.3) is 0 Å². The average molecular weight is 494 g/mol. The normalized spacial score (nSPS) is 12.9. The Hall–Kier alpha value is -1.95. The van der Waals surface area contributed by atoms with Crippen LogP contribution < -0.4 is 4.74 Å². The maximum Gasteiger partial charge on any atom is 0.410 e. The van der Waals surface area contributed by atoms with E-state index in [9.17, 15) is 15.0 Å². The van der Waals surface area contributed by atoms with Crippen molar-refractivity contribution in [1.82, 2.24) is 4.90 Å². The lowest BCUT2D eigenvalue weighted by Crippen LogP contribution is -2.43. The predicted octanol–water partition coefficient (Wildman–Crippen LogP) is 8.37. The third kappa shape index (κ3) is 16.4. The summed E-state index contributed by atoms with van der Waals surface area (Å²) in [4.78, 5) is 12.9.